The number of aldehydes is 1. The molecule has 0 fully saturated rings. The molecular formula is C7H3ClF3NO2. The molecule has 0 aromatic carbocycles. The number of carbonyl (C=O) groups is 1. The second-order valence-corrected chi connectivity index (χ2v) is 2.61. The summed E-state index contributed by atoms with van der Waals surface area (Å²) in [6.07, 6.45) is -4.51. The molecule has 1 rings (SSSR count). The van der Waals surface area contributed by atoms with Crippen molar-refractivity contribution in [3.05, 3.63) is 22.8 Å². The van der Waals surface area contributed by atoms with Crippen LogP contribution in [0.2, 0.25) is 5.15 Å². The molecule has 0 spiro atoms. The highest BCUT2D eigenvalue weighted by atomic mass is 35.5. The number of aromatic nitrogens is 1. The van der Waals surface area contributed by atoms with E-state index in [1.54, 1.807) is 0 Å². The van der Waals surface area contributed by atoms with E-state index in [0.29, 0.717) is 6.29 Å². The van der Waals surface area contributed by atoms with Crippen LogP contribution >= 0.6 is 11.6 Å². The summed E-state index contributed by atoms with van der Waals surface area (Å²) in [5.74, 6) is -0.757. The highest BCUT2D eigenvalue weighted by molar-refractivity contribution is 6.29. The molecule has 0 aliphatic rings. The van der Waals surface area contributed by atoms with Crippen molar-refractivity contribution in [2.75, 3.05) is 0 Å². The van der Waals surface area contributed by atoms with Crippen molar-refractivity contribution in [3.8, 4) is 5.88 Å². The molecule has 7 heteroatoms. The zero-order valence-electron chi connectivity index (χ0n) is 6.51. The lowest BCUT2D eigenvalue weighted by Crippen LogP contribution is -2.18. The summed E-state index contributed by atoms with van der Waals surface area (Å²) in [7, 11) is 0. The second-order valence-electron chi connectivity index (χ2n) is 2.23. The second kappa shape index (κ2) is 3.83. The molecule has 0 bridgehead atoms. The smallest absolute Gasteiger partial charge is 0.388 e. The molecule has 1 aromatic heterocycles. The molecule has 14 heavy (non-hydrogen) atoms. The summed E-state index contributed by atoms with van der Waals surface area (Å²) in [6.45, 7) is 0. The lowest BCUT2D eigenvalue weighted by atomic mass is 10.3. The third-order valence-corrected chi connectivity index (χ3v) is 1.34. The van der Waals surface area contributed by atoms with Gasteiger partial charge in [-0.3, -0.25) is 4.79 Å². The van der Waals surface area contributed by atoms with E-state index >= 15 is 0 Å². The number of alkyl halides is 3. The maximum absolute atomic E-state index is 11.7. The minimum absolute atomic E-state index is 0.0377. The summed E-state index contributed by atoms with van der Waals surface area (Å²) in [5.41, 5.74) is -0.0377. The van der Waals surface area contributed by atoms with Crippen molar-refractivity contribution in [2.24, 2.45) is 0 Å². The average Bonchev–Trinajstić information content (AvgIpc) is 1.99. The number of carbonyl (C=O) groups excluding carboxylic acids is 1. The predicted octanol–water partition coefficient (Wildman–Crippen LogP) is 2.45. The van der Waals surface area contributed by atoms with Crippen LogP contribution in [0.5, 0.6) is 5.88 Å². The molecule has 0 aliphatic carbocycles. The molecule has 0 amide bonds. The van der Waals surface area contributed by atoms with Gasteiger partial charge in [0, 0.05) is 11.6 Å². The zero-order valence-corrected chi connectivity index (χ0v) is 7.26. The van der Waals surface area contributed by atoms with E-state index in [-0.39, 0.29) is 10.7 Å². The fourth-order valence-electron chi connectivity index (χ4n) is 0.730. The van der Waals surface area contributed by atoms with Gasteiger partial charge in [-0.25, -0.2) is 4.98 Å². The van der Waals surface area contributed by atoms with Gasteiger partial charge in [0.25, 0.3) is 0 Å². The summed E-state index contributed by atoms with van der Waals surface area (Å²) in [5, 5.41) is -0.242. The molecule has 0 saturated heterocycles. The predicted molar refractivity (Wildman–Crippen MR) is 41.3 cm³/mol. The fourth-order valence-corrected chi connectivity index (χ4v) is 0.940. The molecule has 0 saturated carbocycles. The van der Waals surface area contributed by atoms with Crippen molar-refractivity contribution in [1.82, 2.24) is 4.98 Å². The summed E-state index contributed by atoms with van der Waals surface area (Å²) in [6, 6.07) is 1.96. The minimum Gasteiger partial charge on any atom is -0.388 e. The molecule has 0 unspecified atom stereocenters. The first-order chi connectivity index (χ1) is 6.40. The summed E-state index contributed by atoms with van der Waals surface area (Å²) >= 11 is 5.34. The van der Waals surface area contributed by atoms with Crippen molar-refractivity contribution in [3.63, 3.8) is 0 Å². The zero-order chi connectivity index (χ0) is 10.8. The van der Waals surface area contributed by atoms with Crippen LogP contribution in [0.15, 0.2) is 12.1 Å². The quantitative estimate of drug-likeness (QED) is 0.573. The van der Waals surface area contributed by atoms with E-state index < -0.39 is 12.2 Å². The van der Waals surface area contributed by atoms with Gasteiger partial charge in [0.2, 0.25) is 5.88 Å². The van der Waals surface area contributed by atoms with E-state index in [2.05, 4.69) is 9.72 Å². The Morgan fingerprint density at radius 2 is 2.07 bits per heavy atom. The standard InChI is InChI=1S/C7H3ClF3NO2/c8-5-1-4(3-13)2-6(12-5)14-7(9,10)11/h1-3H. The van der Waals surface area contributed by atoms with E-state index in [4.69, 9.17) is 11.6 Å². The Hall–Kier alpha value is -1.30. The van der Waals surface area contributed by atoms with E-state index in [0.717, 1.165) is 12.1 Å². The normalized spacial score (nSPS) is 11.1. The molecule has 0 radical (unpaired) electrons. The molecule has 1 aromatic rings. The molecule has 1 heterocycles. The Bertz CT molecular complexity index is 353. The molecule has 0 atom stereocenters. The van der Waals surface area contributed by atoms with E-state index in [1.165, 1.54) is 0 Å². The minimum atomic E-state index is -4.85. The Morgan fingerprint density at radius 3 is 2.57 bits per heavy atom. The number of hydrogen-bond acceptors (Lipinski definition) is 3. The Morgan fingerprint density at radius 1 is 1.43 bits per heavy atom. The van der Waals surface area contributed by atoms with E-state index in [9.17, 15) is 18.0 Å². The molecule has 0 N–H and O–H groups in total. The topological polar surface area (TPSA) is 39.2 Å². The van der Waals surface area contributed by atoms with Crippen molar-refractivity contribution < 1.29 is 22.7 Å². The molecular weight excluding hydrogens is 223 g/mol. The fraction of sp³-hybridized carbons (Fsp3) is 0.143. The van der Waals surface area contributed by atoms with Gasteiger partial charge < -0.3 is 4.74 Å². The van der Waals surface area contributed by atoms with Crippen molar-refractivity contribution in [1.29, 1.82) is 0 Å². The highest BCUT2D eigenvalue weighted by Crippen LogP contribution is 2.23. The van der Waals surface area contributed by atoms with Gasteiger partial charge in [0.05, 0.1) is 0 Å². The van der Waals surface area contributed by atoms with Crippen LogP contribution in [0.25, 0.3) is 0 Å². The van der Waals surface area contributed by atoms with E-state index in [1.807, 2.05) is 0 Å². The molecule has 76 valence electrons. The number of pyridine rings is 1. The van der Waals surface area contributed by atoms with Gasteiger partial charge in [-0.05, 0) is 6.07 Å². The van der Waals surface area contributed by atoms with Crippen LogP contribution in [0, 0.1) is 0 Å². The Balaban J connectivity index is 2.98. The highest BCUT2D eigenvalue weighted by Gasteiger charge is 2.32. The number of ether oxygens (including phenoxy) is 1. The summed E-state index contributed by atoms with van der Waals surface area (Å²) in [4.78, 5) is 13.5. The SMILES string of the molecule is O=Cc1cc(Cl)nc(OC(F)(F)F)c1. The first-order valence-electron chi connectivity index (χ1n) is 3.29. The largest absolute Gasteiger partial charge is 0.574 e. The lowest BCUT2D eigenvalue weighted by molar-refractivity contribution is -0.276. The first kappa shape index (κ1) is 10.8. The average molecular weight is 226 g/mol. The van der Waals surface area contributed by atoms with Gasteiger partial charge in [-0.2, -0.15) is 0 Å². The van der Waals surface area contributed by atoms with Gasteiger partial charge in [-0.15, -0.1) is 13.2 Å². The van der Waals surface area contributed by atoms with Gasteiger partial charge in [0.1, 0.15) is 11.4 Å². The number of halogens is 4. The molecule has 3 nitrogen and oxygen atoms in total. The third kappa shape index (κ3) is 3.21. The van der Waals surface area contributed by atoms with Crippen LogP contribution in [0.3, 0.4) is 0 Å². The monoisotopic (exact) mass is 225 g/mol. The van der Waals surface area contributed by atoms with Gasteiger partial charge in [0.15, 0.2) is 0 Å². The Labute approximate surface area is 81.5 Å². The number of nitrogens with zero attached hydrogens (tertiary/aromatic N) is 1. The lowest BCUT2D eigenvalue weighted by Gasteiger charge is -2.07. The third-order valence-electron chi connectivity index (χ3n) is 1.15. The van der Waals surface area contributed by atoms with Gasteiger partial charge in [-0.1, -0.05) is 11.6 Å². The maximum Gasteiger partial charge on any atom is 0.574 e. The van der Waals surface area contributed by atoms with Gasteiger partial charge >= 0.3 is 6.36 Å². The van der Waals surface area contributed by atoms with Crippen molar-refractivity contribution >= 4 is 17.9 Å². The molecule has 0 aliphatic heterocycles. The maximum atomic E-state index is 11.7. The van der Waals surface area contributed by atoms with Crippen molar-refractivity contribution in [2.45, 2.75) is 6.36 Å². The number of hydrogen-bond donors (Lipinski definition) is 0. The number of rotatable bonds is 2. The Kier molecular flexibility index (Phi) is 2.95. The van der Waals surface area contributed by atoms with Crippen LogP contribution in [0.4, 0.5) is 13.2 Å². The first-order valence-corrected chi connectivity index (χ1v) is 3.67. The van der Waals surface area contributed by atoms with Crippen LogP contribution in [0.1, 0.15) is 10.4 Å². The van der Waals surface area contributed by atoms with Crippen LogP contribution in [-0.4, -0.2) is 17.6 Å². The van der Waals surface area contributed by atoms with Crippen LogP contribution in [-0.2, 0) is 0 Å². The van der Waals surface area contributed by atoms with Crippen LogP contribution < -0.4 is 4.74 Å². The summed E-state index contributed by atoms with van der Waals surface area (Å²) < 4.78 is 38.6.